The van der Waals surface area contributed by atoms with Gasteiger partial charge in [-0.1, -0.05) is 35.9 Å². The number of methoxy groups -OCH3 is 1. The molecule has 0 aliphatic heterocycles. The number of benzene rings is 3. The number of anilines is 1. The molecule has 0 aliphatic rings. The third kappa shape index (κ3) is 3.71. The van der Waals surface area contributed by atoms with Crippen LogP contribution in [-0.4, -0.2) is 23.2 Å². The number of rotatable bonds is 3. The lowest BCUT2D eigenvalue weighted by molar-refractivity contribution is 0.0977. The van der Waals surface area contributed by atoms with Gasteiger partial charge < -0.3 is 15.2 Å². The Morgan fingerprint density at radius 3 is 2.58 bits per heavy atom. The van der Waals surface area contributed by atoms with Gasteiger partial charge in [-0.2, -0.15) is 0 Å². The Kier molecular flexibility index (Phi) is 5.25. The number of phenolic OH excluding ortho intramolecular Hbond substituents is 1. The predicted octanol–water partition coefficient (Wildman–Crippen LogP) is 4.33. The standard InChI is InChI=1S/C19H15ClN2O3S/c1-25-17-9-8-11(10-14(17)20)18(24)22-19(26)21-15-6-2-5-13-12(15)4-3-7-16(13)23/h2-10,23H,1H3,(H2,21,22,24,26). The van der Waals surface area contributed by atoms with Crippen LogP contribution in [0.1, 0.15) is 10.4 Å². The van der Waals surface area contributed by atoms with Gasteiger partial charge >= 0.3 is 0 Å². The lowest BCUT2D eigenvalue weighted by Crippen LogP contribution is -2.34. The highest BCUT2D eigenvalue weighted by Gasteiger charge is 2.12. The first kappa shape index (κ1) is 18.0. The van der Waals surface area contributed by atoms with Crippen molar-refractivity contribution < 1.29 is 14.6 Å². The molecule has 7 heteroatoms. The molecule has 0 bridgehead atoms. The molecule has 0 aliphatic carbocycles. The van der Waals surface area contributed by atoms with E-state index in [1.807, 2.05) is 12.1 Å². The van der Waals surface area contributed by atoms with Crippen LogP contribution in [0.15, 0.2) is 54.6 Å². The molecule has 0 saturated heterocycles. The highest BCUT2D eigenvalue weighted by molar-refractivity contribution is 7.80. The number of hydrogen-bond acceptors (Lipinski definition) is 4. The first-order valence-electron chi connectivity index (χ1n) is 7.66. The minimum atomic E-state index is -0.393. The molecule has 132 valence electrons. The Labute approximate surface area is 160 Å². The minimum Gasteiger partial charge on any atom is -0.507 e. The van der Waals surface area contributed by atoms with E-state index in [-0.39, 0.29) is 10.9 Å². The second-order valence-electron chi connectivity index (χ2n) is 5.44. The Bertz CT molecular complexity index is 1010. The summed E-state index contributed by atoms with van der Waals surface area (Å²) in [7, 11) is 1.50. The van der Waals surface area contributed by atoms with Crippen LogP contribution in [0.3, 0.4) is 0 Å². The number of phenols is 1. The smallest absolute Gasteiger partial charge is 0.257 e. The molecule has 0 atom stereocenters. The van der Waals surface area contributed by atoms with Crippen LogP contribution >= 0.6 is 23.8 Å². The summed E-state index contributed by atoms with van der Waals surface area (Å²) < 4.78 is 5.07. The van der Waals surface area contributed by atoms with Gasteiger partial charge in [0.15, 0.2) is 5.11 Å². The average Bonchev–Trinajstić information content (AvgIpc) is 2.62. The second kappa shape index (κ2) is 7.59. The highest BCUT2D eigenvalue weighted by Crippen LogP contribution is 2.29. The van der Waals surface area contributed by atoms with Gasteiger partial charge in [-0.3, -0.25) is 10.1 Å². The first-order valence-corrected chi connectivity index (χ1v) is 8.45. The molecule has 0 fully saturated rings. The summed E-state index contributed by atoms with van der Waals surface area (Å²) in [4.78, 5) is 12.3. The summed E-state index contributed by atoms with van der Waals surface area (Å²) in [6.07, 6.45) is 0. The van der Waals surface area contributed by atoms with E-state index in [2.05, 4.69) is 10.6 Å². The highest BCUT2D eigenvalue weighted by atomic mass is 35.5. The fourth-order valence-electron chi connectivity index (χ4n) is 2.54. The van der Waals surface area contributed by atoms with Crippen LogP contribution in [0.4, 0.5) is 5.69 Å². The summed E-state index contributed by atoms with van der Waals surface area (Å²) in [5.74, 6) is 0.267. The molecule has 0 spiro atoms. The first-order chi connectivity index (χ1) is 12.5. The molecular formula is C19H15ClN2O3S. The number of nitrogens with one attached hydrogen (secondary N) is 2. The van der Waals surface area contributed by atoms with Crippen LogP contribution in [0.25, 0.3) is 10.8 Å². The topological polar surface area (TPSA) is 70.6 Å². The van der Waals surface area contributed by atoms with Crippen molar-refractivity contribution in [2.75, 3.05) is 12.4 Å². The summed E-state index contributed by atoms with van der Waals surface area (Å²) in [5.41, 5.74) is 1.03. The molecule has 0 radical (unpaired) electrons. The Morgan fingerprint density at radius 2 is 1.85 bits per heavy atom. The summed E-state index contributed by atoms with van der Waals surface area (Å²) in [6, 6.07) is 15.3. The third-order valence-electron chi connectivity index (χ3n) is 3.79. The number of aromatic hydroxyl groups is 1. The molecule has 5 nitrogen and oxygen atoms in total. The SMILES string of the molecule is COc1ccc(C(=O)NC(=S)Nc2cccc3c(O)cccc23)cc1Cl. The molecule has 0 saturated carbocycles. The van der Waals surface area contributed by atoms with E-state index in [4.69, 9.17) is 28.6 Å². The van der Waals surface area contributed by atoms with Crippen molar-refractivity contribution in [3.63, 3.8) is 0 Å². The van der Waals surface area contributed by atoms with Crippen molar-refractivity contribution in [2.24, 2.45) is 0 Å². The van der Waals surface area contributed by atoms with Crippen molar-refractivity contribution >= 4 is 51.3 Å². The van der Waals surface area contributed by atoms with Crippen LogP contribution in [0.5, 0.6) is 11.5 Å². The van der Waals surface area contributed by atoms with E-state index in [1.165, 1.54) is 13.2 Å². The number of carbonyl (C=O) groups is 1. The monoisotopic (exact) mass is 386 g/mol. The molecule has 0 unspecified atom stereocenters. The fourth-order valence-corrected chi connectivity index (χ4v) is 3.00. The zero-order chi connectivity index (χ0) is 18.7. The van der Waals surface area contributed by atoms with Gasteiger partial charge in [0.1, 0.15) is 11.5 Å². The van der Waals surface area contributed by atoms with E-state index >= 15 is 0 Å². The maximum Gasteiger partial charge on any atom is 0.257 e. The Morgan fingerprint density at radius 1 is 1.12 bits per heavy atom. The van der Waals surface area contributed by atoms with Gasteiger partial charge in [0.25, 0.3) is 5.91 Å². The van der Waals surface area contributed by atoms with Gasteiger partial charge in [0.05, 0.1) is 12.1 Å². The lowest BCUT2D eigenvalue weighted by atomic mass is 10.1. The molecule has 0 aromatic heterocycles. The van der Waals surface area contributed by atoms with E-state index in [1.54, 1.807) is 36.4 Å². The van der Waals surface area contributed by atoms with Crippen molar-refractivity contribution in [1.29, 1.82) is 0 Å². The summed E-state index contributed by atoms with van der Waals surface area (Å²) in [5, 5.41) is 17.5. The molecule has 1 amide bonds. The largest absolute Gasteiger partial charge is 0.507 e. The fraction of sp³-hybridized carbons (Fsp3) is 0.0526. The molecule has 3 N–H and O–H groups in total. The second-order valence-corrected chi connectivity index (χ2v) is 6.25. The van der Waals surface area contributed by atoms with Crippen LogP contribution in [-0.2, 0) is 0 Å². The number of halogens is 1. The molecule has 3 aromatic carbocycles. The number of amides is 1. The molecule has 3 rings (SSSR count). The zero-order valence-corrected chi connectivity index (χ0v) is 15.3. The van der Waals surface area contributed by atoms with Gasteiger partial charge in [-0.25, -0.2) is 0 Å². The van der Waals surface area contributed by atoms with Gasteiger partial charge in [-0.05, 0) is 42.5 Å². The lowest BCUT2D eigenvalue weighted by Gasteiger charge is -2.13. The van der Waals surface area contributed by atoms with Crippen molar-refractivity contribution in [3.05, 3.63) is 65.2 Å². The normalized spacial score (nSPS) is 10.4. The molecular weight excluding hydrogens is 372 g/mol. The number of ether oxygens (including phenoxy) is 1. The van der Waals surface area contributed by atoms with Gasteiger partial charge in [-0.15, -0.1) is 0 Å². The van der Waals surface area contributed by atoms with E-state index in [9.17, 15) is 9.90 Å². The van der Waals surface area contributed by atoms with E-state index < -0.39 is 5.91 Å². The maximum atomic E-state index is 12.3. The third-order valence-corrected chi connectivity index (χ3v) is 4.29. The number of thiocarbonyl (C=S) groups is 1. The van der Waals surface area contributed by atoms with E-state index in [0.29, 0.717) is 27.4 Å². The minimum absolute atomic E-state index is 0.137. The molecule has 3 aromatic rings. The number of carbonyl (C=O) groups excluding carboxylic acids is 1. The van der Waals surface area contributed by atoms with Crippen LogP contribution in [0, 0.1) is 0 Å². The van der Waals surface area contributed by atoms with Gasteiger partial charge in [0, 0.05) is 22.0 Å². The van der Waals surface area contributed by atoms with Crippen LogP contribution < -0.4 is 15.4 Å². The van der Waals surface area contributed by atoms with Crippen molar-refractivity contribution in [2.45, 2.75) is 0 Å². The summed E-state index contributed by atoms with van der Waals surface area (Å²) >= 11 is 11.3. The van der Waals surface area contributed by atoms with Crippen molar-refractivity contribution in [3.8, 4) is 11.5 Å². The number of fused-ring (bicyclic) bond motifs is 1. The Hall–Kier alpha value is -2.83. The van der Waals surface area contributed by atoms with Crippen LogP contribution in [0.2, 0.25) is 5.02 Å². The average molecular weight is 387 g/mol. The molecule has 0 heterocycles. The summed E-state index contributed by atoms with van der Waals surface area (Å²) in [6.45, 7) is 0. The molecule has 26 heavy (non-hydrogen) atoms. The van der Waals surface area contributed by atoms with Crippen molar-refractivity contribution in [1.82, 2.24) is 5.32 Å². The maximum absolute atomic E-state index is 12.3. The zero-order valence-electron chi connectivity index (χ0n) is 13.7. The predicted molar refractivity (Wildman–Crippen MR) is 107 cm³/mol. The number of hydrogen-bond donors (Lipinski definition) is 3. The quantitative estimate of drug-likeness (QED) is 0.584. The van der Waals surface area contributed by atoms with E-state index in [0.717, 1.165) is 5.39 Å². The Balaban J connectivity index is 1.76. The van der Waals surface area contributed by atoms with Gasteiger partial charge in [0.2, 0.25) is 0 Å².